The quantitative estimate of drug-likeness (QED) is 0.741. The smallest absolute Gasteiger partial charge is 0.313 e. The van der Waals surface area contributed by atoms with Gasteiger partial charge in [-0.1, -0.05) is 25.6 Å². The van der Waals surface area contributed by atoms with E-state index in [-0.39, 0.29) is 10.5 Å². The number of carboxylic acids is 1. The first-order chi connectivity index (χ1) is 8.56. The fraction of sp³-hybridized carbons (Fsp3) is 0.727. The molecule has 0 saturated carbocycles. The summed E-state index contributed by atoms with van der Waals surface area (Å²) in [6.45, 7) is 5.17. The van der Waals surface area contributed by atoms with E-state index in [0.29, 0.717) is 5.16 Å². The van der Waals surface area contributed by atoms with Crippen molar-refractivity contribution < 1.29 is 9.90 Å². The van der Waals surface area contributed by atoms with E-state index >= 15 is 0 Å². The highest BCUT2D eigenvalue weighted by Gasteiger charge is 2.26. The minimum absolute atomic E-state index is 0.0171. The van der Waals surface area contributed by atoms with Crippen LogP contribution in [-0.4, -0.2) is 42.6 Å². The highest BCUT2D eigenvalue weighted by Crippen LogP contribution is 2.33. The zero-order valence-electron chi connectivity index (χ0n) is 10.9. The summed E-state index contributed by atoms with van der Waals surface area (Å²) in [5.74, 6) is -0.819. The van der Waals surface area contributed by atoms with Crippen LogP contribution >= 0.6 is 23.5 Å². The molecule has 0 aliphatic rings. The summed E-state index contributed by atoms with van der Waals surface area (Å²) in [5, 5.41) is 17.2. The molecule has 0 aliphatic heterocycles. The lowest BCUT2D eigenvalue weighted by Gasteiger charge is -2.30. The van der Waals surface area contributed by atoms with Crippen LogP contribution in [-0.2, 0) is 11.3 Å². The van der Waals surface area contributed by atoms with Crippen molar-refractivity contribution in [3.8, 4) is 0 Å². The SMILES string of the molecule is CCC(CC)(Cn1cnnc1SCC(=O)O)SC. The van der Waals surface area contributed by atoms with E-state index in [9.17, 15) is 4.79 Å². The second kappa shape index (κ2) is 7.04. The third-order valence-corrected chi connectivity index (χ3v) is 5.62. The summed E-state index contributed by atoms with van der Waals surface area (Å²) < 4.78 is 2.12. The molecule has 7 heteroatoms. The Morgan fingerprint density at radius 2 is 2.17 bits per heavy atom. The monoisotopic (exact) mass is 289 g/mol. The molecule has 0 fully saturated rings. The van der Waals surface area contributed by atoms with Crippen molar-refractivity contribution in [2.75, 3.05) is 12.0 Å². The van der Waals surface area contributed by atoms with Gasteiger partial charge in [-0.2, -0.15) is 11.8 Å². The molecule has 102 valence electrons. The predicted molar refractivity (Wildman–Crippen MR) is 75.2 cm³/mol. The molecular weight excluding hydrogens is 270 g/mol. The Labute approximate surface area is 116 Å². The van der Waals surface area contributed by atoms with E-state index in [1.807, 2.05) is 16.3 Å². The minimum atomic E-state index is -0.836. The van der Waals surface area contributed by atoms with Crippen LogP contribution in [0.3, 0.4) is 0 Å². The fourth-order valence-electron chi connectivity index (χ4n) is 1.73. The Balaban J connectivity index is 2.77. The van der Waals surface area contributed by atoms with Gasteiger partial charge in [0.25, 0.3) is 0 Å². The van der Waals surface area contributed by atoms with Crippen LogP contribution in [0, 0.1) is 0 Å². The topological polar surface area (TPSA) is 68.0 Å². The van der Waals surface area contributed by atoms with E-state index in [0.717, 1.165) is 19.4 Å². The van der Waals surface area contributed by atoms with Crippen molar-refractivity contribution >= 4 is 29.5 Å². The van der Waals surface area contributed by atoms with Gasteiger partial charge in [-0.05, 0) is 19.1 Å². The second-order valence-electron chi connectivity index (χ2n) is 4.02. The molecule has 0 aliphatic carbocycles. The average molecular weight is 289 g/mol. The number of hydrogen-bond acceptors (Lipinski definition) is 5. The largest absolute Gasteiger partial charge is 0.481 e. The summed E-state index contributed by atoms with van der Waals surface area (Å²) in [6.07, 6.45) is 5.92. The number of thioether (sulfide) groups is 2. The molecule has 1 aromatic rings. The Bertz CT molecular complexity index is 383. The van der Waals surface area contributed by atoms with Gasteiger partial charge in [0.2, 0.25) is 0 Å². The molecule has 0 unspecified atom stereocenters. The zero-order valence-corrected chi connectivity index (χ0v) is 12.6. The summed E-state index contributed by atoms with van der Waals surface area (Å²) in [6, 6.07) is 0. The van der Waals surface area contributed by atoms with Gasteiger partial charge in [0.15, 0.2) is 5.16 Å². The second-order valence-corrected chi connectivity index (χ2v) is 6.23. The molecule has 0 radical (unpaired) electrons. The Morgan fingerprint density at radius 3 is 2.67 bits per heavy atom. The van der Waals surface area contributed by atoms with Crippen LogP contribution in [0.15, 0.2) is 11.5 Å². The standard InChI is InChI=1S/C11H19N3O2S2/c1-4-11(5-2,17-3)7-14-8-12-13-10(14)18-6-9(15)16/h8H,4-7H2,1-3H3,(H,15,16). The van der Waals surface area contributed by atoms with Crippen LogP contribution in [0.1, 0.15) is 26.7 Å². The first-order valence-corrected chi connectivity index (χ1v) is 8.05. The maximum Gasteiger partial charge on any atom is 0.313 e. The molecule has 18 heavy (non-hydrogen) atoms. The Hall–Kier alpha value is -0.690. The summed E-state index contributed by atoms with van der Waals surface area (Å²) >= 11 is 3.06. The lowest BCUT2D eigenvalue weighted by atomic mass is 10.0. The van der Waals surface area contributed by atoms with E-state index in [1.54, 1.807) is 6.33 Å². The van der Waals surface area contributed by atoms with E-state index in [1.165, 1.54) is 11.8 Å². The van der Waals surface area contributed by atoms with Crippen molar-refractivity contribution in [3.05, 3.63) is 6.33 Å². The lowest BCUT2D eigenvalue weighted by molar-refractivity contribution is -0.133. The van der Waals surface area contributed by atoms with Crippen molar-refractivity contribution in [2.45, 2.75) is 43.1 Å². The van der Waals surface area contributed by atoms with E-state index < -0.39 is 5.97 Å². The Kier molecular flexibility index (Phi) is 6.01. The first-order valence-electron chi connectivity index (χ1n) is 5.84. The highest BCUT2D eigenvalue weighted by molar-refractivity contribution is 8.00. The van der Waals surface area contributed by atoms with Crippen LogP contribution in [0.4, 0.5) is 0 Å². The van der Waals surface area contributed by atoms with Gasteiger partial charge >= 0.3 is 5.97 Å². The van der Waals surface area contributed by atoms with Crippen molar-refractivity contribution in [2.24, 2.45) is 0 Å². The maximum absolute atomic E-state index is 10.6. The third kappa shape index (κ3) is 3.91. The van der Waals surface area contributed by atoms with Gasteiger partial charge in [0, 0.05) is 11.3 Å². The maximum atomic E-state index is 10.6. The zero-order chi connectivity index (χ0) is 13.6. The van der Waals surface area contributed by atoms with Crippen LogP contribution in [0.2, 0.25) is 0 Å². The van der Waals surface area contributed by atoms with Gasteiger partial charge in [-0.25, -0.2) is 0 Å². The molecule has 1 aromatic heterocycles. The summed E-state index contributed by atoms with van der Waals surface area (Å²) in [7, 11) is 0. The average Bonchev–Trinajstić information content (AvgIpc) is 2.80. The van der Waals surface area contributed by atoms with Crippen LogP contribution < -0.4 is 0 Å². The number of carboxylic acid groups (broad SMARTS) is 1. The van der Waals surface area contributed by atoms with Crippen molar-refractivity contribution in [1.82, 2.24) is 14.8 Å². The van der Waals surface area contributed by atoms with Gasteiger partial charge in [0.05, 0.1) is 5.75 Å². The molecule has 0 atom stereocenters. The number of aromatic nitrogens is 3. The van der Waals surface area contributed by atoms with Crippen molar-refractivity contribution in [3.63, 3.8) is 0 Å². The molecule has 5 nitrogen and oxygen atoms in total. The van der Waals surface area contributed by atoms with Crippen molar-refractivity contribution in [1.29, 1.82) is 0 Å². The molecule has 0 spiro atoms. The summed E-state index contributed by atoms with van der Waals surface area (Å²) in [5.41, 5.74) is 0. The number of nitrogens with zero attached hydrogens (tertiary/aromatic N) is 3. The van der Waals surface area contributed by atoms with E-state index in [4.69, 9.17) is 5.11 Å². The number of rotatable bonds is 8. The molecule has 0 bridgehead atoms. The molecule has 0 aromatic carbocycles. The number of carbonyl (C=O) groups is 1. The van der Waals surface area contributed by atoms with Crippen LogP contribution in [0.25, 0.3) is 0 Å². The molecule has 0 amide bonds. The molecule has 0 saturated heterocycles. The fourth-order valence-corrected chi connectivity index (χ4v) is 3.21. The van der Waals surface area contributed by atoms with Gasteiger partial charge < -0.3 is 9.67 Å². The minimum Gasteiger partial charge on any atom is -0.481 e. The summed E-state index contributed by atoms with van der Waals surface area (Å²) in [4.78, 5) is 10.6. The van der Waals surface area contributed by atoms with Gasteiger partial charge in [-0.3, -0.25) is 4.79 Å². The molecule has 1 rings (SSSR count). The Morgan fingerprint density at radius 1 is 1.50 bits per heavy atom. The third-order valence-electron chi connectivity index (χ3n) is 3.08. The van der Waals surface area contributed by atoms with Gasteiger partial charge in [-0.15, -0.1) is 10.2 Å². The highest BCUT2D eigenvalue weighted by atomic mass is 32.2. The van der Waals surface area contributed by atoms with Crippen LogP contribution in [0.5, 0.6) is 0 Å². The lowest BCUT2D eigenvalue weighted by Crippen LogP contribution is -2.29. The molecule has 1 N–H and O–H groups in total. The first kappa shape index (κ1) is 15.4. The van der Waals surface area contributed by atoms with Gasteiger partial charge in [0.1, 0.15) is 6.33 Å². The normalized spacial score (nSPS) is 11.7. The number of hydrogen-bond donors (Lipinski definition) is 1. The predicted octanol–water partition coefficient (Wildman–Crippen LogP) is 2.38. The van der Waals surface area contributed by atoms with E-state index in [2.05, 4.69) is 30.3 Å². The molecule has 1 heterocycles. The number of aliphatic carboxylic acids is 1. The molecular formula is C11H19N3O2S2.